The summed E-state index contributed by atoms with van der Waals surface area (Å²) in [6.45, 7) is 5.66. The summed E-state index contributed by atoms with van der Waals surface area (Å²) in [5.41, 5.74) is 0.333. The molecule has 0 aliphatic rings. The van der Waals surface area contributed by atoms with Crippen molar-refractivity contribution in [2.75, 3.05) is 0 Å². The molecular weight excluding hydrogens is 278 g/mol. The van der Waals surface area contributed by atoms with Gasteiger partial charge in [0.1, 0.15) is 5.75 Å². The van der Waals surface area contributed by atoms with Crippen LogP contribution in [0.1, 0.15) is 44.0 Å². The van der Waals surface area contributed by atoms with E-state index in [1.54, 1.807) is 25.1 Å². The first-order valence-electron chi connectivity index (χ1n) is 6.74. The molecule has 0 aromatic heterocycles. The average Bonchev–Trinajstić information content (AvgIpc) is 2.46. The highest BCUT2D eigenvalue weighted by Crippen LogP contribution is 2.28. The first-order chi connectivity index (χ1) is 9.53. The molecule has 4 nitrogen and oxygen atoms in total. The van der Waals surface area contributed by atoms with Crippen molar-refractivity contribution in [1.29, 1.82) is 0 Å². The van der Waals surface area contributed by atoms with E-state index >= 15 is 0 Å². The highest BCUT2D eigenvalue weighted by atomic mass is 35.5. The first-order valence-corrected chi connectivity index (χ1v) is 7.11. The Morgan fingerprint density at radius 3 is 2.60 bits per heavy atom. The zero-order valence-electron chi connectivity index (χ0n) is 12.0. The number of ether oxygens (including phenoxy) is 1. The molecule has 0 spiro atoms. The molecule has 1 atom stereocenters. The molecule has 1 aromatic carbocycles. The fourth-order valence-corrected chi connectivity index (χ4v) is 2.01. The highest BCUT2D eigenvalue weighted by Gasteiger charge is 2.19. The lowest BCUT2D eigenvalue weighted by Crippen LogP contribution is -2.42. The molecule has 20 heavy (non-hydrogen) atoms. The molecule has 1 N–H and O–H groups in total. The maximum absolute atomic E-state index is 12.0. The second-order valence-electron chi connectivity index (χ2n) is 4.56. The Balaban J connectivity index is 2.78. The Morgan fingerprint density at radius 1 is 1.40 bits per heavy atom. The van der Waals surface area contributed by atoms with E-state index in [4.69, 9.17) is 16.3 Å². The summed E-state index contributed by atoms with van der Waals surface area (Å²) in [5, 5.41) is 3.21. The highest BCUT2D eigenvalue weighted by molar-refractivity contribution is 6.32. The van der Waals surface area contributed by atoms with Gasteiger partial charge in [-0.25, -0.2) is 0 Å². The molecule has 0 fully saturated rings. The van der Waals surface area contributed by atoms with Crippen LogP contribution in [0.5, 0.6) is 5.75 Å². The van der Waals surface area contributed by atoms with Gasteiger partial charge in [0, 0.05) is 6.04 Å². The Kier molecular flexibility index (Phi) is 6.52. The number of carbonyl (C=O) groups is 2. The lowest BCUT2D eigenvalue weighted by Gasteiger charge is -2.20. The van der Waals surface area contributed by atoms with E-state index < -0.39 is 6.10 Å². The summed E-state index contributed by atoms with van der Waals surface area (Å²) in [7, 11) is 0. The summed E-state index contributed by atoms with van der Waals surface area (Å²) in [6, 6.07) is 5.01. The molecule has 0 heterocycles. The van der Waals surface area contributed by atoms with Crippen molar-refractivity contribution in [2.24, 2.45) is 0 Å². The van der Waals surface area contributed by atoms with Crippen molar-refractivity contribution in [3.63, 3.8) is 0 Å². The van der Waals surface area contributed by atoms with E-state index in [-0.39, 0.29) is 17.7 Å². The van der Waals surface area contributed by atoms with Crippen molar-refractivity contribution in [2.45, 2.75) is 45.8 Å². The number of nitrogens with one attached hydrogen (secondary N) is 1. The minimum Gasteiger partial charge on any atom is -0.479 e. The third-order valence-electron chi connectivity index (χ3n) is 3.12. The van der Waals surface area contributed by atoms with Crippen LogP contribution in [0.25, 0.3) is 0 Å². The summed E-state index contributed by atoms with van der Waals surface area (Å²) in [5.74, 6) is 0.0341. The molecule has 0 aliphatic carbocycles. The minimum absolute atomic E-state index is 0.130. The second kappa shape index (κ2) is 7.90. The number of para-hydroxylation sites is 1. The summed E-state index contributed by atoms with van der Waals surface area (Å²) >= 11 is 6.00. The summed E-state index contributed by atoms with van der Waals surface area (Å²) in [4.78, 5) is 23.0. The fourth-order valence-electron chi connectivity index (χ4n) is 1.78. The van der Waals surface area contributed by atoms with E-state index in [0.717, 1.165) is 12.8 Å². The van der Waals surface area contributed by atoms with Gasteiger partial charge >= 0.3 is 0 Å². The van der Waals surface area contributed by atoms with Gasteiger partial charge in [0.05, 0.1) is 10.6 Å². The van der Waals surface area contributed by atoms with Gasteiger partial charge in [-0.3, -0.25) is 9.59 Å². The Bertz CT molecular complexity index is 472. The Hall–Kier alpha value is -1.55. The number of aldehydes is 1. The fraction of sp³-hybridized carbons (Fsp3) is 0.467. The minimum atomic E-state index is -0.714. The van der Waals surface area contributed by atoms with Crippen LogP contribution in [-0.2, 0) is 4.79 Å². The van der Waals surface area contributed by atoms with E-state index in [1.807, 2.05) is 13.8 Å². The number of amides is 1. The first kappa shape index (κ1) is 16.5. The molecule has 0 aliphatic heterocycles. The van der Waals surface area contributed by atoms with Gasteiger partial charge in [0.2, 0.25) is 0 Å². The van der Waals surface area contributed by atoms with Crippen molar-refractivity contribution < 1.29 is 14.3 Å². The molecular formula is C15H20ClNO3. The monoisotopic (exact) mass is 297 g/mol. The quantitative estimate of drug-likeness (QED) is 0.786. The number of hydrogen-bond acceptors (Lipinski definition) is 3. The van der Waals surface area contributed by atoms with E-state index in [0.29, 0.717) is 16.9 Å². The number of halogens is 1. The van der Waals surface area contributed by atoms with E-state index in [9.17, 15) is 9.59 Å². The van der Waals surface area contributed by atoms with Crippen molar-refractivity contribution in [3.8, 4) is 5.75 Å². The number of rotatable bonds is 7. The molecule has 0 radical (unpaired) electrons. The Morgan fingerprint density at radius 2 is 2.05 bits per heavy atom. The lowest BCUT2D eigenvalue weighted by atomic mass is 10.1. The van der Waals surface area contributed by atoms with Crippen LogP contribution in [0.15, 0.2) is 18.2 Å². The maximum atomic E-state index is 12.0. The molecule has 110 valence electrons. The normalized spacial score (nSPS) is 12.1. The van der Waals surface area contributed by atoms with Crippen LogP contribution in [0, 0.1) is 0 Å². The van der Waals surface area contributed by atoms with Gasteiger partial charge in [-0.15, -0.1) is 0 Å². The zero-order chi connectivity index (χ0) is 15.1. The van der Waals surface area contributed by atoms with Crippen LogP contribution in [-0.4, -0.2) is 24.3 Å². The van der Waals surface area contributed by atoms with Crippen molar-refractivity contribution in [3.05, 3.63) is 28.8 Å². The van der Waals surface area contributed by atoms with Gasteiger partial charge in [0.25, 0.3) is 5.91 Å². The van der Waals surface area contributed by atoms with Crippen LogP contribution >= 0.6 is 11.6 Å². The van der Waals surface area contributed by atoms with Gasteiger partial charge in [-0.1, -0.05) is 31.5 Å². The molecule has 1 aromatic rings. The number of carbonyl (C=O) groups excluding carboxylic acids is 2. The largest absolute Gasteiger partial charge is 0.479 e. The maximum Gasteiger partial charge on any atom is 0.260 e. The lowest BCUT2D eigenvalue weighted by molar-refractivity contribution is -0.128. The third kappa shape index (κ3) is 4.23. The van der Waals surface area contributed by atoms with Gasteiger partial charge in [0.15, 0.2) is 12.4 Å². The summed E-state index contributed by atoms with van der Waals surface area (Å²) in [6.07, 6.45) is 1.67. The van der Waals surface area contributed by atoms with Crippen molar-refractivity contribution in [1.82, 2.24) is 5.32 Å². The average molecular weight is 298 g/mol. The van der Waals surface area contributed by atoms with Gasteiger partial charge < -0.3 is 10.1 Å². The van der Waals surface area contributed by atoms with Gasteiger partial charge in [-0.2, -0.15) is 0 Å². The molecule has 1 rings (SSSR count). The molecule has 0 bridgehead atoms. The number of hydrogen-bond donors (Lipinski definition) is 1. The van der Waals surface area contributed by atoms with E-state index in [2.05, 4.69) is 5.32 Å². The number of benzene rings is 1. The molecule has 0 saturated heterocycles. The van der Waals surface area contributed by atoms with Crippen molar-refractivity contribution >= 4 is 23.8 Å². The third-order valence-corrected chi connectivity index (χ3v) is 3.42. The predicted octanol–water partition coefficient (Wildman–Crippen LogP) is 3.22. The molecule has 5 heteroatoms. The van der Waals surface area contributed by atoms with Crippen LogP contribution in [0.2, 0.25) is 5.02 Å². The van der Waals surface area contributed by atoms with Crippen LogP contribution in [0.4, 0.5) is 0 Å². The second-order valence-corrected chi connectivity index (χ2v) is 4.97. The molecule has 1 unspecified atom stereocenters. The molecule has 1 amide bonds. The zero-order valence-corrected chi connectivity index (χ0v) is 12.7. The smallest absolute Gasteiger partial charge is 0.260 e. The van der Waals surface area contributed by atoms with Crippen LogP contribution < -0.4 is 10.1 Å². The van der Waals surface area contributed by atoms with E-state index in [1.165, 1.54) is 0 Å². The van der Waals surface area contributed by atoms with Crippen LogP contribution in [0.3, 0.4) is 0 Å². The predicted molar refractivity (Wildman–Crippen MR) is 79.4 cm³/mol. The van der Waals surface area contributed by atoms with Gasteiger partial charge in [-0.05, 0) is 31.9 Å². The summed E-state index contributed by atoms with van der Waals surface area (Å²) < 4.78 is 5.54. The SMILES string of the molecule is CCC(CC)NC(=O)C(C)Oc1c(Cl)cccc1C=O. The topological polar surface area (TPSA) is 55.4 Å². The Labute approximate surface area is 124 Å². The molecule has 0 saturated carbocycles. The standard InChI is InChI=1S/C15H20ClNO3/c1-4-12(5-2)17-15(19)10(3)20-14-11(9-18)7-6-8-13(14)16/h6-10,12H,4-5H2,1-3H3,(H,17,19).